The number of nitrogens with zero attached hydrogens (tertiary/aromatic N) is 1. The highest BCUT2D eigenvalue weighted by atomic mass is 35.5. The smallest absolute Gasteiger partial charge is 0.304 e. The Morgan fingerprint density at radius 1 is 0.944 bits per heavy atom. The van der Waals surface area contributed by atoms with Gasteiger partial charge in [0.2, 0.25) is 5.91 Å². The largest absolute Gasteiger partial charge is 0.481 e. The highest BCUT2D eigenvalue weighted by Crippen LogP contribution is 2.39. The Kier molecular flexibility index (Phi) is 11.2. The molecule has 0 aliphatic carbocycles. The predicted molar refractivity (Wildman–Crippen MR) is 149 cm³/mol. The fraction of sp³-hybridized carbons (Fsp3) is 0.310. The molecule has 1 fully saturated rings. The molecule has 36 heavy (non-hydrogen) atoms. The second kappa shape index (κ2) is 14.3. The van der Waals surface area contributed by atoms with Gasteiger partial charge < -0.3 is 10.0 Å². The van der Waals surface area contributed by atoms with E-state index < -0.39 is 11.9 Å². The van der Waals surface area contributed by atoms with Gasteiger partial charge in [0.1, 0.15) is 0 Å². The second-order valence-corrected chi connectivity index (χ2v) is 10.6. The Morgan fingerprint density at radius 3 is 2.06 bits per heavy atom. The number of carbonyl (C=O) groups excluding carboxylic acids is 1. The third-order valence-electron chi connectivity index (χ3n) is 6.19. The molecule has 1 saturated heterocycles. The van der Waals surface area contributed by atoms with E-state index in [0.29, 0.717) is 11.4 Å². The van der Waals surface area contributed by atoms with E-state index in [1.54, 1.807) is 11.8 Å². The number of likely N-dealkylation sites (tertiary alicyclic amines) is 1. The summed E-state index contributed by atoms with van der Waals surface area (Å²) in [5.74, 6) is -0.637. The summed E-state index contributed by atoms with van der Waals surface area (Å²) in [7, 11) is 0. The van der Waals surface area contributed by atoms with Crippen LogP contribution in [-0.4, -0.2) is 33.7 Å². The van der Waals surface area contributed by atoms with E-state index in [1.165, 1.54) is 4.90 Å². The lowest BCUT2D eigenvalue weighted by Gasteiger charge is -2.44. The first-order valence-corrected chi connectivity index (χ1v) is 13.8. The molecule has 0 radical (unpaired) electrons. The number of halogens is 2. The number of hydrogen-bond acceptors (Lipinski definition) is 3. The molecule has 3 aromatic carbocycles. The molecule has 4 nitrogen and oxygen atoms in total. The fourth-order valence-corrected chi connectivity index (χ4v) is 5.75. The summed E-state index contributed by atoms with van der Waals surface area (Å²) in [5, 5.41) is 10.7. The van der Waals surface area contributed by atoms with Crippen molar-refractivity contribution in [2.24, 2.45) is 5.92 Å². The first kappa shape index (κ1) is 28.1. The molecule has 1 amide bonds. The molecule has 1 heterocycles. The molecular formula is C29H31Cl2NO3S. The van der Waals surface area contributed by atoms with Crippen molar-refractivity contribution in [1.29, 1.82) is 0 Å². The van der Waals surface area contributed by atoms with Crippen LogP contribution in [0.25, 0.3) is 0 Å². The summed E-state index contributed by atoms with van der Waals surface area (Å²) in [4.78, 5) is 27.7. The quantitative estimate of drug-likeness (QED) is 0.292. The molecule has 1 N–H and O–H groups in total. The van der Waals surface area contributed by atoms with Gasteiger partial charge in [0.15, 0.2) is 0 Å². The Balaban J connectivity index is 0.000000444. The van der Waals surface area contributed by atoms with Crippen LogP contribution in [0.3, 0.4) is 0 Å². The zero-order chi connectivity index (χ0) is 25.9. The number of carbonyl (C=O) groups is 2. The van der Waals surface area contributed by atoms with Crippen LogP contribution in [0.2, 0.25) is 10.0 Å². The van der Waals surface area contributed by atoms with E-state index in [-0.39, 0.29) is 24.4 Å². The monoisotopic (exact) mass is 543 g/mol. The average Bonchev–Trinajstić information content (AvgIpc) is 2.88. The average molecular weight is 545 g/mol. The maximum Gasteiger partial charge on any atom is 0.304 e. The number of hydrogen-bond donors (Lipinski definition) is 1. The van der Waals surface area contributed by atoms with E-state index in [2.05, 4.69) is 19.1 Å². The molecule has 0 aromatic heterocycles. The number of piperidine rings is 1. The molecule has 3 atom stereocenters. The highest BCUT2D eigenvalue weighted by molar-refractivity contribution is 7.99. The van der Waals surface area contributed by atoms with Gasteiger partial charge in [0, 0.05) is 32.7 Å². The molecule has 4 rings (SSSR count). The molecule has 3 aromatic rings. The zero-order valence-corrected chi connectivity index (χ0v) is 22.6. The van der Waals surface area contributed by atoms with Gasteiger partial charge in [-0.25, -0.2) is 0 Å². The number of carboxylic acids is 1. The first-order chi connectivity index (χ1) is 17.4. The van der Waals surface area contributed by atoms with Gasteiger partial charge in [-0.15, -0.1) is 11.8 Å². The topological polar surface area (TPSA) is 57.6 Å². The number of thioether (sulfide) groups is 1. The van der Waals surface area contributed by atoms with Crippen LogP contribution in [0.1, 0.15) is 44.2 Å². The van der Waals surface area contributed by atoms with Gasteiger partial charge in [-0.1, -0.05) is 78.7 Å². The summed E-state index contributed by atoms with van der Waals surface area (Å²) >= 11 is 13.3. The zero-order valence-electron chi connectivity index (χ0n) is 20.2. The predicted octanol–water partition coefficient (Wildman–Crippen LogP) is 8.01. The van der Waals surface area contributed by atoms with Gasteiger partial charge in [-0.2, -0.15) is 0 Å². The van der Waals surface area contributed by atoms with Crippen molar-refractivity contribution in [2.75, 3.05) is 5.75 Å². The van der Waals surface area contributed by atoms with E-state index in [1.807, 2.05) is 77.7 Å². The van der Waals surface area contributed by atoms with E-state index in [9.17, 15) is 14.7 Å². The van der Waals surface area contributed by atoms with E-state index >= 15 is 0 Å². The number of amides is 1. The summed E-state index contributed by atoms with van der Waals surface area (Å²) in [6.45, 7) is 2.09. The fourth-order valence-electron chi connectivity index (χ4n) is 4.35. The standard InChI is InChI=1S/C23H26ClNO3S.C6H5Cl/c1-2-19(15-29-20-6-4-3-5-7-20)25-21(16-8-11-18(24)12-9-16)13-10-17(23(25)28)14-22(26)27;7-6-4-2-1-3-5-6/h3-9,11-12,17,19,21H,2,10,13-15H2,1H3,(H,26,27);1-5H/t17?,19-,21?;/m0./s1. The summed E-state index contributed by atoms with van der Waals surface area (Å²) < 4.78 is 0. The van der Waals surface area contributed by atoms with Gasteiger partial charge in [0.05, 0.1) is 12.5 Å². The van der Waals surface area contributed by atoms with E-state index in [0.717, 1.165) is 29.2 Å². The van der Waals surface area contributed by atoms with Crippen molar-refractivity contribution in [2.45, 2.75) is 49.6 Å². The van der Waals surface area contributed by atoms with Crippen LogP contribution in [0.4, 0.5) is 0 Å². The molecule has 0 bridgehead atoms. The van der Waals surface area contributed by atoms with Gasteiger partial charge in [0.25, 0.3) is 0 Å². The maximum atomic E-state index is 13.4. The lowest BCUT2D eigenvalue weighted by molar-refractivity contribution is -0.150. The van der Waals surface area contributed by atoms with Gasteiger partial charge in [-0.3, -0.25) is 9.59 Å². The second-order valence-electron chi connectivity index (χ2n) is 8.67. The van der Waals surface area contributed by atoms with Gasteiger partial charge in [-0.05, 0) is 61.2 Å². The molecule has 0 saturated carbocycles. The normalized spacial score (nSPS) is 18.2. The van der Waals surface area contributed by atoms with Crippen molar-refractivity contribution in [3.05, 3.63) is 101 Å². The number of carboxylic acid groups (broad SMARTS) is 1. The molecule has 1 aliphatic heterocycles. The molecule has 2 unspecified atom stereocenters. The summed E-state index contributed by atoms with van der Waals surface area (Å²) in [6.07, 6.45) is 2.06. The highest BCUT2D eigenvalue weighted by Gasteiger charge is 2.40. The molecule has 0 spiro atoms. The molecule has 190 valence electrons. The van der Waals surface area contributed by atoms with Crippen LogP contribution >= 0.6 is 35.0 Å². The Labute approximate surface area is 227 Å². The summed E-state index contributed by atoms with van der Waals surface area (Å²) in [6, 6.07) is 27.2. The van der Waals surface area contributed by atoms with Gasteiger partial charge >= 0.3 is 5.97 Å². The number of benzene rings is 3. The minimum absolute atomic E-state index is 0.0324. The van der Waals surface area contributed by atoms with Crippen molar-refractivity contribution in [1.82, 2.24) is 4.90 Å². The van der Waals surface area contributed by atoms with Crippen LogP contribution in [0.15, 0.2) is 89.8 Å². The maximum absolute atomic E-state index is 13.4. The SMILES string of the molecule is CC[C@@H](CSc1ccccc1)N1C(=O)C(CC(=O)O)CCC1c1ccc(Cl)cc1.Clc1ccccc1. The van der Waals surface area contributed by atoms with Crippen LogP contribution < -0.4 is 0 Å². The lowest BCUT2D eigenvalue weighted by atomic mass is 9.85. The third kappa shape index (κ3) is 8.29. The minimum Gasteiger partial charge on any atom is -0.481 e. The lowest BCUT2D eigenvalue weighted by Crippen LogP contribution is -2.50. The van der Waals surface area contributed by atoms with Crippen LogP contribution in [0.5, 0.6) is 0 Å². The van der Waals surface area contributed by atoms with Crippen molar-refractivity contribution in [3.8, 4) is 0 Å². The molecular weight excluding hydrogens is 513 g/mol. The molecule has 7 heteroatoms. The van der Waals surface area contributed by atoms with Crippen molar-refractivity contribution >= 4 is 46.8 Å². The van der Waals surface area contributed by atoms with E-state index in [4.69, 9.17) is 23.2 Å². The Bertz CT molecular complexity index is 1100. The van der Waals surface area contributed by atoms with Crippen LogP contribution in [0, 0.1) is 5.92 Å². The molecule has 1 aliphatic rings. The Hall–Kier alpha value is -2.47. The van der Waals surface area contributed by atoms with Crippen molar-refractivity contribution in [3.63, 3.8) is 0 Å². The summed E-state index contributed by atoms with van der Waals surface area (Å²) in [5.41, 5.74) is 1.06. The third-order valence-corrected chi connectivity index (χ3v) is 7.85. The first-order valence-electron chi connectivity index (χ1n) is 12.1. The Morgan fingerprint density at radius 2 is 1.53 bits per heavy atom. The minimum atomic E-state index is -0.917. The number of aliphatic carboxylic acids is 1. The van der Waals surface area contributed by atoms with Crippen molar-refractivity contribution < 1.29 is 14.7 Å². The van der Waals surface area contributed by atoms with Crippen LogP contribution in [-0.2, 0) is 9.59 Å². The number of rotatable bonds is 8.